The quantitative estimate of drug-likeness (QED) is 0.654. The van der Waals surface area contributed by atoms with Crippen LogP contribution in [0.25, 0.3) is 11.7 Å². The van der Waals surface area contributed by atoms with Crippen molar-refractivity contribution >= 4 is 5.88 Å². The number of nitrogens with one attached hydrogen (secondary N) is 1. The van der Waals surface area contributed by atoms with Gasteiger partial charge >= 0.3 is 0 Å². The highest BCUT2D eigenvalue weighted by atomic mass is 16.5. The number of rotatable bonds is 7. The SMILES string of the molecule is Cc1ccccc1OCc1ccc(-c2nc(C#N)c(NCC3CCCO3)o2)o1. The van der Waals surface area contributed by atoms with Crippen molar-refractivity contribution in [2.45, 2.75) is 32.5 Å². The fraction of sp³-hybridized carbons (Fsp3) is 0.333. The van der Waals surface area contributed by atoms with Gasteiger partial charge in [-0.05, 0) is 43.5 Å². The van der Waals surface area contributed by atoms with Gasteiger partial charge in [0.25, 0.3) is 5.89 Å². The second-order valence-corrected chi connectivity index (χ2v) is 6.64. The summed E-state index contributed by atoms with van der Waals surface area (Å²) in [6, 6.07) is 13.4. The summed E-state index contributed by atoms with van der Waals surface area (Å²) in [5.74, 6) is 2.49. The Labute approximate surface area is 162 Å². The highest BCUT2D eigenvalue weighted by Gasteiger charge is 2.20. The van der Waals surface area contributed by atoms with Crippen molar-refractivity contribution in [2.75, 3.05) is 18.5 Å². The molecule has 0 radical (unpaired) electrons. The van der Waals surface area contributed by atoms with E-state index in [1.165, 1.54) is 0 Å². The van der Waals surface area contributed by atoms with Gasteiger partial charge in [-0.2, -0.15) is 10.2 Å². The number of furan rings is 1. The zero-order chi connectivity index (χ0) is 19.3. The van der Waals surface area contributed by atoms with Crippen LogP contribution in [-0.4, -0.2) is 24.2 Å². The fourth-order valence-electron chi connectivity index (χ4n) is 3.07. The van der Waals surface area contributed by atoms with E-state index in [0.29, 0.717) is 30.6 Å². The molecule has 3 heterocycles. The number of nitriles is 1. The third kappa shape index (κ3) is 4.02. The second kappa shape index (κ2) is 8.19. The molecule has 0 aliphatic carbocycles. The minimum absolute atomic E-state index is 0.133. The Morgan fingerprint density at radius 3 is 2.93 bits per heavy atom. The van der Waals surface area contributed by atoms with E-state index in [1.54, 1.807) is 6.07 Å². The molecule has 3 aromatic rings. The zero-order valence-electron chi connectivity index (χ0n) is 15.6. The number of oxazole rings is 1. The molecule has 0 spiro atoms. The van der Waals surface area contributed by atoms with Crippen LogP contribution in [0.2, 0.25) is 0 Å². The molecule has 7 heteroatoms. The Morgan fingerprint density at radius 1 is 1.25 bits per heavy atom. The molecule has 1 N–H and O–H groups in total. The van der Waals surface area contributed by atoms with Crippen molar-refractivity contribution in [1.29, 1.82) is 5.26 Å². The van der Waals surface area contributed by atoms with Crippen LogP contribution in [-0.2, 0) is 11.3 Å². The van der Waals surface area contributed by atoms with E-state index < -0.39 is 0 Å². The molecule has 1 aliphatic heterocycles. The number of aromatic nitrogens is 1. The summed E-state index contributed by atoms with van der Waals surface area (Å²) < 4.78 is 22.9. The maximum Gasteiger partial charge on any atom is 0.266 e. The van der Waals surface area contributed by atoms with Crippen molar-refractivity contribution in [2.24, 2.45) is 0 Å². The lowest BCUT2D eigenvalue weighted by atomic mass is 10.2. The number of nitrogens with zero attached hydrogens (tertiary/aromatic N) is 2. The molecule has 7 nitrogen and oxygen atoms in total. The lowest BCUT2D eigenvalue weighted by Crippen LogP contribution is -2.18. The Bertz CT molecular complexity index is 980. The van der Waals surface area contributed by atoms with Crippen LogP contribution >= 0.6 is 0 Å². The highest BCUT2D eigenvalue weighted by molar-refractivity contribution is 5.54. The van der Waals surface area contributed by atoms with Crippen molar-refractivity contribution in [3.8, 4) is 23.5 Å². The molecule has 1 fully saturated rings. The summed E-state index contributed by atoms with van der Waals surface area (Å²) >= 11 is 0. The molecule has 2 aromatic heterocycles. The fourth-order valence-corrected chi connectivity index (χ4v) is 3.07. The van der Waals surface area contributed by atoms with Crippen molar-refractivity contribution < 1.29 is 18.3 Å². The Morgan fingerprint density at radius 2 is 2.14 bits per heavy atom. The molecular formula is C21H21N3O4. The van der Waals surface area contributed by atoms with Crippen LogP contribution in [0.4, 0.5) is 5.88 Å². The molecule has 1 aromatic carbocycles. The summed E-state index contributed by atoms with van der Waals surface area (Å²) in [5, 5.41) is 12.4. The van der Waals surface area contributed by atoms with Gasteiger partial charge in [0.15, 0.2) is 5.76 Å². The first-order chi connectivity index (χ1) is 13.7. The maximum atomic E-state index is 9.32. The third-order valence-corrected chi connectivity index (χ3v) is 4.58. The van der Waals surface area contributed by atoms with Crippen LogP contribution < -0.4 is 10.1 Å². The minimum atomic E-state index is 0.133. The van der Waals surface area contributed by atoms with Crippen LogP contribution in [0.5, 0.6) is 5.75 Å². The van der Waals surface area contributed by atoms with Gasteiger partial charge in [0.05, 0.1) is 6.10 Å². The molecule has 144 valence electrons. The van der Waals surface area contributed by atoms with E-state index in [9.17, 15) is 5.26 Å². The van der Waals surface area contributed by atoms with Crippen LogP contribution in [0, 0.1) is 18.3 Å². The number of aryl methyl sites for hydroxylation is 1. The first-order valence-electron chi connectivity index (χ1n) is 9.27. The summed E-state index contributed by atoms with van der Waals surface area (Å²) in [4.78, 5) is 4.22. The molecule has 1 saturated heterocycles. The number of para-hydroxylation sites is 1. The predicted octanol–water partition coefficient (Wildman–Crippen LogP) is 4.28. The van der Waals surface area contributed by atoms with Gasteiger partial charge in [-0.15, -0.1) is 0 Å². The topological polar surface area (TPSA) is 93.5 Å². The smallest absolute Gasteiger partial charge is 0.266 e. The van der Waals surface area contributed by atoms with Crippen LogP contribution in [0.3, 0.4) is 0 Å². The van der Waals surface area contributed by atoms with Gasteiger partial charge in [0.1, 0.15) is 24.2 Å². The number of benzene rings is 1. The van der Waals surface area contributed by atoms with E-state index in [2.05, 4.69) is 10.3 Å². The Hall–Kier alpha value is -3.24. The summed E-state index contributed by atoms with van der Waals surface area (Å²) in [6.07, 6.45) is 2.19. The largest absolute Gasteiger partial charge is 0.485 e. The van der Waals surface area contributed by atoms with Gasteiger partial charge in [-0.1, -0.05) is 18.2 Å². The maximum absolute atomic E-state index is 9.32. The predicted molar refractivity (Wildman–Crippen MR) is 102 cm³/mol. The average molecular weight is 379 g/mol. The molecule has 1 aliphatic rings. The average Bonchev–Trinajstić information content (AvgIpc) is 3.45. The van der Waals surface area contributed by atoms with Gasteiger partial charge in [0.2, 0.25) is 11.6 Å². The van der Waals surface area contributed by atoms with Gasteiger partial charge < -0.3 is 23.6 Å². The van der Waals surface area contributed by atoms with Crippen LogP contribution in [0.15, 0.2) is 45.2 Å². The van der Waals surface area contributed by atoms with Crippen molar-refractivity contribution in [1.82, 2.24) is 4.98 Å². The second-order valence-electron chi connectivity index (χ2n) is 6.64. The van der Waals surface area contributed by atoms with Gasteiger partial charge in [0, 0.05) is 13.2 Å². The number of anilines is 1. The monoisotopic (exact) mass is 379 g/mol. The molecular weight excluding hydrogens is 358 g/mol. The normalized spacial score (nSPS) is 16.1. The lowest BCUT2D eigenvalue weighted by molar-refractivity contribution is 0.120. The van der Waals surface area contributed by atoms with E-state index in [1.807, 2.05) is 43.3 Å². The standard InChI is InChI=1S/C21H21N3O4/c1-14-5-2-3-7-18(14)26-13-16-8-9-19(27-16)21-24-17(11-22)20(28-21)23-12-15-6-4-10-25-15/h2-3,5,7-9,15,23H,4,6,10,12-13H2,1H3. The van der Waals surface area contributed by atoms with Gasteiger partial charge in [-0.25, -0.2) is 0 Å². The lowest BCUT2D eigenvalue weighted by Gasteiger charge is -2.09. The molecule has 4 rings (SSSR count). The molecule has 0 saturated carbocycles. The third-order valence-electron chi connectivity index (χ3n) is 4.58. The Balaban J connectivity index is 1.43. The summed E-state index contributed by atoms with van der Waals surface area (Å²) in [5.41, 5.74) is 1.25. The zero-order valence-corrected chi connectivity index (χ0v) is 15.6. The van der Waals surface area contributed by atoms with Gasteiger partial charge in [-0.3, -0.25) is 0 Å². The summed E-state index contributed by atoms with van der Waals surface area (Å²) in [6.45, 7) is 3.64. The van der Waals surface area contributed by atoms with E-state index in [0.717, 1.165) is 30.8 Å². The molecule has 28 heavy (non-hydrogen) atoms. The van der Waals surface area contributed by atoms with E-state index >= 15 is 0 Å². The summed E-state index contributed by atoms with van der Waals surface area (Å²) in [7, 11) is 0. The molecule has 0 bridgehead atoms. The molecule has 1 unspecified atom stereocenters. The first-order valence-corrected chi connectivity index (χ1v) is 9.27. The Kier molecular flexibility index (Phi) is 5.31. The first kappa shape index (κ1) is 18.1. The highest BCUT2D eigenvalue weighted by Crippen LogP contribution is 2.28. The van der Waals surface area contributed by atoms with Crippen LogP contribution in [0.1, 0.15) is 29.9 Å². The minimum Gasteiger partial charge on any atom is -0.485 e. The molecule has 0 amide bonds. The van der Waals surface area contributed by atoms with Crippen molar-refractivity contribution in [3.63, 3.8) is 0 Å². The molecule has 1 atom stereocenters. The number of ether oxygens (including phenoxy) is 2. The van der Waals surface area contributed by atoms with E-state index in [4.69, 9.17) is 18.3 Å². The number of hydrogen-bond acceptors (Lipinski definition) is 7. The van der Waals surface area contributed by atoms with Crippen molar-refractivity contribution in [3.05, 3.63) is 53.4 Å². The number of hydrogen-bond donors (Lipinski definition) is 1. The van der Waals surface area contributed by atoms with E-state index in [-0.39, 0.29) is 17.7 Å².